The van der Waals surface area contributed by atoms with E-state index in [1.807, 2.05) is 17.2 Å². The quantitative estimate of drug-likeness (QED) is 0.889. The van der Waals surface area contributed by atoms with E-state index in [2.05, 4.69) is 10.2 Å². The van der Waals surface area contributed by atoms with Crippen LogP contribution in [-0.2, 0) is 4.74 Å². The Morgan fingerprint density at radius 1 is 1.48 bits per heavy atom. The van der Waals surface area contributed by atoms with Gasteiger partial charge in [0.15, 0.2) is 5.65 Å². The summed E-state index contributed by atoms with van der Waals surface area (Å²) in [6.07, 6.45) is 5.92. The number of amides is 1. The molecule has 2 aliphatic rings. The first-order valence-electron chi connectivity index (χ1n) is 7.97. The molecule has 0 spiro atoms. The van der Waals surface area contributed by atoms with E-state index in [-0.39, 0.29) is 23.7 Å². The van der Waals surface area contributed by atoms with Crippen molar-refractivity contribution in [3.63, 3.8) is 0 Å². The number of hydrogen-bond donors (Lipinski definition) is 1. The molecule has 1 N–H and O–H groups in total. The maximum absolute atomic E-state index is 13.1. The number of carbonyl (C=O) groups excluding carboxylic acids is 1. The number of aromatic nitrogens is 3. The molecule has 122 valence electrons. The maximum Gasteiger partial charge on any atom is 0.258 e. The van der Waals surface area contributed by atoms with E-state index in [0.717, 1.165) is 19.3 Å². The van der Waals surface area contributed by atoms with Gasteiger partial charge in [0.2, 0.25) is 0 Å². The molecule has 0 bridgehead atoms. The Morgan fingerprint density at radius 3 is 3.17 bits per heavy atom. The molecule has 1 aliphatic carbocycles. The topological polar surface area (TPSA) is 80.0 Å². The molecule has 7 heteroatoms. The summed E-state index contributed by atoms with van der Waals surface area (Å²) in [7, 11) is 1.71. The molecular formula is C16H20N4O3. The van der Waals surface area contributed by atoms with Crippen molar-refractivity contribution < 1.29 is 14.6 Å². The van der Waals surface area contributed by atoms with Crippen LogP contribution in [0.3, 0.4) is 0 Å². The molecule has 0 unspecified atom stereocenters. The minimum absolute atomic E-state index is 0.0679. The van der Waals surface area contributed by atoms with E-state index in [1.165, 1.54) is 0 Å². The van der Waals surface area contributed by atoms with Crippen LogP contribution in [0.4, 0.5) is 0 Å². The Kier molecular flexibility index (Phi) is 3.35. The number of pyridine rings is 1. The number of rotatable bonds is 2. The predicted octanol–water partition coefficient (Wildman–Crippen LogP) is 0.874. The van der Waals surface area contributed by atoms with Crippen molar-refractivity contribution in [2.45, 2.75) is 43.4 Å². The van der Waals surface area contributed by atoms with Gasteiger partial charge in [0.05, 0.1) is 23.3 Å². The molecule has 23 heavy (non-hydrogen) atoms. The summed E-state index contributed by atoms with van der Waals surface area (Å²) in [5, 5.41) is 18.0. The van der Waals surface area contributed by atoms with Gasteiger partial charge < -0.3 is 14.7 Å². The van der Waals surface area contributed by atoms with Crippen molar-refractivity contribution in [2.75, 3.05) is 13.7 Å². The van der Waals surface area contributed by atoms with Crippen LogP contribution in [-0.4, -0.2) is 61.9 Å². The van der Waals surface area contributed by atoms with Crippen molar-refractivity contribution in [3.8, 4) is 0 Å². The van der Waals surface area contributed by atoms with E-state index in [4.69, 9.17) is 4.74 Å². The smallest absolute Gasteiger partial charge is 0.258 e. The van der Waals surface area contributed by atoms with Crippen LogP contribution in [0, 0.1) is 0 Å². The van der Waals surface area contributed by atoms with Crippen LogP contribution in [0.1, 0.15) is 36.0 Å². The van der Waals surface area contributed by atoms with Crippen LogP contribution in [0.5, 0.6) is 0 Å². The fraction of sp³-hybridized carbons (Fsp3) is 0.562. The molecule has 0 radical (unpaired) electrons. The van der Waals surface area contributed by atoms with E-state index in [1.54, 1.807) is 23.9 Å². The van der Waals surface area contributed by atoms with E-state index in [9.17, 15) is 9.90 Å². The van der Waals surface area contributed by atoms with Crippen molar-refractivity contribution in [2.24, 2.45) is 0 Å². The SMILES string of the molecule is CO[C@]12CC[C@@H](O)C[C@H]1N(C(=O)c1cccn3cnnc13)CC2. The fourth-order valence-corrected chi connectivity index (χ4v) is 4.09. The lowest BCUT2D eigenvalue weighted by Crippen LogP contribution is -2.52. The highest BCUT2D eigenvalue weighted by Crippen LogP contribution is 2.43. The summed E-state index contributed by atoms with van der Waals surface area (Å²) in [5.74, 6) is -0.0679. The van der Waals surface area contributed by atoms with Gasteiger partial charge in [-0.3, -0.25) is 9.20 Å². The van der Waals surface area contributed by atoms with Gasteiger partial charge in [-0.15, -0.1) is 10.2 Å². The van der Waals surface area contributed by atoms with Gasteiger partial charge in [0, 0.05) is 19.9 Å². The number of aliphatic hydroxyl groups is 1. The summed E-state index contributed by atoms with van der Waals surface area (Å²) in [5.41, 5.74) is 0.772. The van der Waals surface area contributed by atoms with Crippen LogP contribution in [0.15, 0.2) is 24.7 Å². The number of fused-ring (bicyclic) bond motifs is 2. The first kappa shape index (κ1) is 14.6. The number of aliphatic hydroxyl groups excluding tert-OH is 1. The van der Waals surface area contributed by atoms with E-state index >= 15 is 0 Å². The summed E-state index contributed by atoms with van der Waals surface area (Å²) in [6.45, 7) is 0.638. The first-order chi connectivity index (χ1) is 11.1. The monoisotopic (exact) mass is 316 g/mol. The lowest BCUT2D eigenvalue weighted by Gasteiger charge is -2.42. The zero-order valence-corrected chi connectivity index (χ0v) is 13.1. The van der Waals surface area contributed by atoms with E-state index in [0.29, 0.717) is 24.2 Å². The maximum atomic E-state index is 13.1. The molecule has 2 fully saturated rings. The van der Waals surface area contributed by atoms with Crippen molar-refractivity contribution in [3.05, 3.63) is 30.2 Å². The minimum Gasteiger partial charge on any atom is -0.393 e. The molecule has 2 aromatic heterocycles. The van der Waals surface area contributed by atoms with Gasteiger partial charge in [-0.1, -0.05) is 0 Å². The van der Waals surface area contributed by atoms with Gasteiger partial charge >= 0.3 is 0 Å². The number of carbonyl (C=O) groups is 1. The molecule has 3 atom stereocenters. The number of ether oxygens (including phenoxy) is 1. The number of methoxy groups -OCH3 is 1. The highest BCUT2D eigenvalue weighted by atomic mass is 16.5. The van der Waals surface area contributed by atoms with Crippen molar-refractivity contribution >= 4 is 11.6 Å². The highest BCUT2D eigenvalue weighted by Gasteiger charge is 2.52. The Hall–Kier alpha value is -1.99. The van der Waals surface area contributed by atoms with Gasteiger partial charge in [-0.05, 0) is 37.8 Å². The predicted molar refractivity (Wildman–Crippen MR) is 82.0 cm³/mol. The van der Waals surface area contributed by atoms with Gasteiger partial charge in [-0.2, -0.15) is 0 Å². The molecule has 2 aromatic rings. The third-order valence-corrected chi connectivity index (χ3v) is 5.38. The molecule has 3 heterocycles. The summed E-state index contributed by atoms with van der Waals surface area (Å²) in [4.78, 5) is 14.9. The first-order valence-corrected chi connectivity index (χ1v) is 7.97. The zero-order chi connectivity index (χ0) is 16.0. The standard InChI is InChI=1S/C16H20N4O3/c1-23-16-5-4-11(21)9-13(16)20(8-6-16)15(22)12-3-2-7-19-10-17-18-14(12)19/h2-3,7,10-11,13,21H,4-6,8-9H2,1H3/t11-,13-,16+/m1/s1. The second kappa shape index (κ2) is 5.28. The molecule has 7 nitrogen and oxygen atoms in total. The van der Waals surface area contributed by atoms with Crippen LogP contribution in [0.2, 0.25) is 0 Å². The number of likely N-dealkylation sites (tertiary alicyclic amines) is 1. The molecule has 1 saturated carbocycles. The fourth-order valence-electron chi connectivity index (χ4n) is 4.09. The molecule has 1 amide bonds. The summed E-state index contributed by atoms with van der Waals surface area (Å²) in [6, 6.07) is 3.50. The van der Waals surface area contributed by atoms with Crippen LogP contribution < -0.4 is 0 Å². The van der Waals surface area contributed by atoms with Crippen molar-refractivity contribution in [1.82, 2.24) is 19.5 Å². The van der Waals surface area contributed by atoms with Crippen molar-refractivity contribution in [1.29, 1.82) is 0 Å². The zero-order valence-electron chi connectivity index (χ0n) is 13.1. The molecule has 4 rings (SSSR count). The minimum atomic E-state index is -0.374. The average molecular weight is 316 g/mol. The average Bonchev–Trinajstić information content (AvgIpc) is 3.18. The molecule has 1 aliphatic heterocycles. The lowest BCUT2D eigenvalue weighted by molar-refractivity contribution is -0.0824. The van der Waals surface area contributed by atoms with E-state index < -0.39 is 0 Å². The summed E-state index contributed by atoms with van der Waals surface area (Å²) >= 11 is 0. The molecule has 0 aromatic carbocycles. The molecular weight excluding hydrogens is 296 g/mol. The second-order valence-electron chi connectivity index (χ2n) is 6.45. The van der Waals surface area contributed by atoms with Crippen LogP contribution >= 0.6 is 0 Å². The Bertz CT molecular complexity index is 746. The normalized spacial score (nSPS) is 30.6. The van der Waals surface area contributed by atoms with Crippen LogP contribution in [0.25, 0.3) is 5.65 Å². The Labute approximate surface area is 133 Å². The van der Waals surface area contributed by atoms with Gasteiger partial charge in [-0.25, -0.2) is 0 Å². The third kappa shape index (κ3) is 2.14. The lowest BCUT2D eigenvalue weighted by atomic mass is 9.79. The summed E-state index contributed by atoms with van der Waals surface area (Å²) < 4.78 is 7.54. The number of hydrogen-bond acceptors (Lipinski definition) is 5. The molecule has 1 saturated heterocycles. The number of nitrogens with zero attached hydrogens (tertiary/aromatic N) is 4. The Balaban J connectivity index is 1.70. The largest absolute Gasteiger partial charge is 0.393 e. The second-order valence-corrected chi connectivity index (χ2v) is 6.45. The third-order valence-electron chi connectivity index (χ3n) is 5.38. The van der Waals surface area contributed by atoms with Gasteiger partial charge in [0.1, 0.15) is 6.33 Å². The highest BCUT2D eigenvalue weighted by molar-refractivity contribution is 6.00. The Morgan fingerprint density at radius 2 is 2.35 bits per heavy atom. The van der Waals surface area contributed by atoms with Gasteiger partial charge in [0.25, 0.3) is 5.91 Å².